The summed E-state index contributed by atoms with van der Waals surface area (Å²) < 4.78 is 36.4. The molecule has 9 nitrogen and oxygen atoms in total. The van der Waals surface area contributed by atoms with Crippen LogP contribution in [-0.4, -0.2) is 65.2 Å². The van der Waals surface area contributed by atoms with Crippen LogP contribution in [0.1, 0.15) is 25.3 Å². The number of nitrogens with zero attached hydrogens (tertiary/aromatic N) is 2. The van der Waals surface area contributed by atoms with Gasteiger partial charge in [0.25, 0.3) is 0 Å². The number of sulfonamides is 1. The maximum Gasteiger partial charge on any atom is 0.242 e. The molecule has 186 valence electrons. The molecule has 10 heteroatoms. The maximum absolute atomic E-state index is 13.1. The molecule has 0 aromatic heterocycles. The average molecular weight is 492 g/mol. The molecule has 34 heavy (non-hydrogen) atoms. The summed E-state index contributed by atoms with van der Waals surface area (Å²) in [5.74, 6) is 0.702. The molecule has 1 N–H and O–H groups in total. The van der Waals surface area contributed by atoms with Crippen LogP contribution < -0.4 is 19.1 Å². The highest BCUT2D eigenvalue weighted by atomic mass is 32.2. The summed E-state index contributed by atoms with van der Waals surface area (Å²) in [6.45, 7) is 2.02. The van der Waals surface area contributed by atoms with Gasteiger partial charge in [0.2, 0.25) is 21.8 Å². The normalized spacial score (nSPS) is 11.9. The van der Waals surface area contributed by atoms with Gasteiger partial charge >= 0.3 is 0 Å². The Bertz CT molecular complexity index is 1070. The van der Waals surface area contributed by atoms with E-state index in [1.54, 1.807) is 50.4 Å². The first kappa shape index (κ1) is 27.0. The molecule has 2 aromatic carbocycles. The van der Waals surface area contributed by atoms with Crippen LogP contribution in [0.4, 0.5) is 5.69 Å². The fourth-order valence-corrected chi connectivity index (χ4v) is 4.45. The molecular weight excluding hydrogens is 458 g/mol. The second-order valence-electron chi connectivity index (χ2n) is 7.80. The van der Waals surface area contributed by atoms with Crippen molar-refractivity contribution in [1.82, 2.24) is 10.2 Å². The number of carbonyl (C=O) groups excluding carboxylic acids is 2. The van der Waals surface area contributed by atoms with Crippen molar-refractivity contribution in [3.05, 3.63) is 54.1 Å². The Morgan fingerprint density at radius 3 is 2.24 bits per heavy atom. The summed E-state index contributed by atoms with van der Waals surface area (Å²) in [6.07, 6.45) is 1.48. The lowest BCUT2D eigenvalue weighted by Crippen LogP contribution is -2.46. The molecular formula is C24H33N3O6S. The second-order valence-corrected chi connectivity index (χ2v) is 9.71. The monoisotopic (exact) mass is 491 g/mol. The first-order chi connectivity index (χ1) is 16.1. The van der Waals surface area contributed by atoms with Crippen molar-refractivity contribution in [2.45, 2.75) is 32.4 Å². The molecule has 0 radical (unpaired) electrons. The van der Waals surface area contributed by atoms with Gasteiger partial charge in [-0.25, -0.2) is 8.42 Å². The third-order valence-electron chi connectivity index (χ3n) is 5.42. The van der Waals surface area contributed by atoms with E-state index in [2.05, 4.69) is 5.32 Å². The SMILES string of the molecule is CNC(=O)[C@H](C)N(Cc1ccc(OC)cc1)C(=O)CCCN(c1cccc(OC)c1)S(C)(=O)=O. The number of rotatable bonds is 12. The van der Waals surface area contributed by atoms with Gasteiger partial charge in [0.15, 0.2) is 0 Å². The Balaban J connectivity index is 2.15. The van der Waals surface area contributed by atoms with Crippen LogP contribution in [0.3, 0.4) is 0 Å². The van der Waals surface area contributed by atoms with Gasteiger partial charge in [0.1, 0.15) is 17.5 Å². The van der Waals surface area contributed by atoms with Gasteiger partial charge in [0.05, 0.1) is 26.2 Å². The Kier molecular flexibility index (Phi) is 9.73. The summed E-state index contributed by atoms with van der Waals surface area (Å²) in [5.41, 5.74) is 1.31. The highest BCUT2D eigenvalue weighted by Gasteiger charge is 2.26. The number of benzene rings is 2. The van der Waals surface area contributed by atoms with E-state index in [0.717, 1.165) is 11.8 Å². The Hall–Kier alpha value is -3.27. The van der Waals surface area contributed by atoms with Crippen LogP contribution in [0, 0.1) is 0 Å². The zero-order valence-corrected chi connectivity index (χ0v) is 21.1. The third kappa shape index (κ3) is 7.38. The number of nitrogens with one attached hydrogen (secondary N) is 1. The summed E-state index contributed by atoms with van der Waals surface area (Å²) in [5, 5.41) is 2.58. The molecule has 0 fully saturated rings. The van der Waals surface area contributed by atoms with Crippen molar-refractivity contribution in [1.29, 1.82) is 0 Å². The molecule has 0 aliphatic heterocycles. The fraction of sp³-hybridized carbons (Fsp3) is 0.417. The first-order valence-electron chi connectivity index (χ1n) is 10.9. The highest BCUT2D eigenvalue weighted by Crippen LogP contribution is 2.24. The molecule has 0 aliphatic carbocycles. The van der Waals surface area contributed by atoms with Crippen molar-refractivity contribution in [3.8, 4) is 11.5 Å². The van der Waals surface area contributed by atoms with Crippen molar-refractivity contribution in [2.75, 3.05) is 38.4 Å². The van der Waals surface area contributed by atoms with Crippen molar-refractivity contribution < 1.29 is 27.5 Å². The third-order valence-corrected chi connectivity index (χ3v) is 6.61. The number of likely N-dealkylation sites (N-methyl/N-ethyl adjacent to an activating group) is 1. The number of hydrogen-bond donors (Lipinski definition) is 1. The van der Waals surface area contributed by atoms with Crippen molar-refractivity contribution in [3.63, 3.8) is 0 Å². The van der Waals surface area contributed by atoms with Gasteiger partial charge < -0.3 is 19.7 Å². The van der Waals surface area contributed by atoms with Crippen LogP contribution in [0.2, 0.25) is 0 Å². The van der Waals surface area contributed by atoms with Crippen molar-refractivity contribution in [2.24, 2.45) is 0 Å². The quantitative estimate of drug-likeness (QED) is 0.489. The number of ether oxygens (including phenoxy) is 2. The Morgan fingerprint density at radius 2 is 1.68 bits per heavy atom. The minimum atomic E-state index is -3.57. The van der Waals surface area contributed by atoms with Crippen LogP contribution >= 0.6 is 0 Å². The number of methoxy groups -OCH3 is 2. The lowest BCUT2D eigenvalue weighted by atomic mass is 10.1. The van der Waals surface area contributed by atoms with E-state index in [0.29, 0.717) is 17.2 Å². The largest absolute Gasteiger partial charge is 0.497 e. The van der Waals surface area contributed by atoms with E-state index in [-0.39, 0.29) is 37.7 Å². The molecule has 2 aromatic rings. The molecule has 2 amide bonds. The lowest BCUT2D eigenvalue weighted by Gasteiger charge is -2.29. The molecule has 0 saturated heterocycles. The van der Waals surface area contributed by atoms with Gasteiger partial charge in [-0.1, -0.05) is 18.2 Å². The summed E-state index contributed by atoms with van der Waals surface area (Å²) >= 11 is 0. The molecule has 0 aliphatic rings. The summed E-state index contributed by atoms with van der Waals surface area (Å²) in [4.78, 5) is 26.9. The zero-order chi connectivity index (χ0) is 25.3. The fourth-order valence-electron chi connectivity index (χ4n) is 3.49. The number of amides is 2. The van der Waals surface area contributed by atoms with Crippen LogP contribution in [-0.2, 0) is 26.2 Å². The smallest absolute Gasteiger partial charge is 0.242 e. The summed E-state index contributed by atoms with van der Waals surface area (Å²) in [6, 6.07) is 13.3. The first-order valence-corrected chi connectivity index (χ1v) is 12.7. The number of hydrogen-bond acceptors (Lipinski definition) is 6. The van der Waals surface area contributed by atoms with Crippen LogP contribution in [0.15, 0.2) is 48.5 Å². The van der Waals surface area contributed by atoms with E-state index in [4.69, 9.17) is 9.47 Å². The second kappa shape index (κ2) is 12.3. The number of carbonyl (C=O) groups is 2. The van der Waals surface area contributed by atoms with E-state index < -0.39 is 16.1 Å². The predicted octanol–water partition coefficient (Wildman–Crippen LogP) is 2.41. The zero-order valence-electron chi connectivity index (χ0n) is 20.3. The topological polar surface area (TPSA) is 105 Å². The summed E-state index contributed by atoms with van der Waals surface area (Å²) in [7, 11) is 1.03. The average Bonchev–Trinajstić information content (AvgIpc) is 2.83. The molecule has 0 unspecified atom stereocenters. The van der Waals surface area contributed by atoms with Gasteiger partial charge in [-0.2, -0.15) is 0 Å². The van der Waals surface area contributed by atoms with Crippen LogP contribution in [0.5, 0.6) is 11.5 Å². The molecule has 0 saturated carbocycles. The molecule has 0 bridgehead atoms. The Labute approximate surface area is 201 Å². The van der Waals surface area contributed by atoms with E-state index >= 15 is 0 Å². The Morgan fingerprint density at radius 1 is 1.03 bits per heavy atom. The highest BCUT2D eigenvalue weighted by molar-refractivity contribution is 7.92. The molecule has 1 atom stereocenters. The van der Waals surface area contributed by atoms with Gasteiger partial charge in [0, 0.05) is 32.6 Å². The van der Waals surface area contributed by atoms with Gasteiger partial charge in [-0.3, -0.25) is 13.9 Å². The van der Waals surface area contributed by atoms with E-state index in [9.17, 15) is 18.0 Å². The molecule has 0 heterocycles. The van der Waals surface area contributed by atoms with Gasteiger partial charge in [-0.05, 0) is 43.2 Å². The lowest BCUT2D eigenvalue weighted by molar-refractivity contribution is -0.140. The molecule has 0 spiro atoms. The minimum absolute atomic E-state index is 0.0769. The number of anilines is 1. The maximum atomic E-state index is 13.1. The van der Waals surface area contributed by atoms with Crippen molar-refractivity contribution >= 4 is 27.5 Å². The minimum Gasteiger partial charge on any atom is -0.497 e. The predicted molar refractivity (Wildman–Crippen MR) is 131 cm³/mol. The van der Waals surface area contributed by atoms with E-state index in [1.165, 1.54) is 23.4 Å². The van der Waals surface area contributed by atoms with E-state index in [1.807, 2.05) is 12.1 Å². The van der Waals surface area contributed by atoms with Gasteiger partial charge in [-0.15, -0.1) is 0 Å². The standard InChI is InChI=1S/C24H33N3O6S/c1-18(24(29)25-2)26(17-19-11-13-21(32-3)14-12-19)23(28)10-7-15-27(34(5,30)31)20-8-6-9-22(16-20)33-4/h6,8-9,11-14,16,18H,7,10,15,17H2,1-5H3,(H,25,29)/t18-/m0/s1. The van der Waals surface area contributed by atoms with Crippen LogP contribution in [0.25, 0.3) is 0 Å². The molecule has 2 rings (SSSR count).